The van der Waals surface area contributed by atoms with Gasteiger partial charge in [-0.25, -0.2) is 4.90 Å². The third-order valence-corrected chi connectivity index (χ3v) is 3.63. The third kappa shape index (κ3) is 2.44. The van der Waals surface area contributed by atoms with Gasteiger partial charge in [-0.05, 0) is 42.5 Å². The van der Waals surface area contributed by atoms with E-state index in [1.54, 1.807) is 19.2 Å². The van der Waals surface area contributed by atoms with Crippen LogP contribution in [0.15, 0.2) is 42.5 Å². The molecule has 0 spiro atoms. The van der Waals surface area contributed by atoms with E-state index in [0.29, 0.717) is 5.69 Å². The monoisotopic (exact) mass is 320 g/mol. The van der Waals surface area contributed by atoms with E-state index in [0.717, 1.165) is 29.2 Å². The van der Waals surface area contributed by atoms with Crippen LogP contribution in [0.1, 0.15) is 26.3 Å². The van der Waals surface area contributed by atoms with Crippen molar-refractivity contribution in [3.8, 4) is 0 Å². The molecule has 4 nitrogen and oxygen atoms in total. The van der Waals surface area contributed by atoms with Gasteiger partial charge in [-0.15, -0.1) is 0 Å². The molecular formula is C16H11F3N2O2. The molecule has 0 saturated carbocycles. The van der Waals surface area contributed by atoms with Gasteiger partial charge in [0.15, 0.2) is 0 Å². The highest BCUT2D eigenvalue weighted by atomic mass is 19.4. The molecule has 7 heteroatoms. The fourth-order valence-corrected chi connectivity index (χ4v) is 2.43. The third-order valence-electron chi connectivity index (χ3n) is 3.63. The van der Waals surface area contributed by atoms with Gasteiger partial charge in [0, 0.05) is 12.7 Å². The number of carbonyl (C=O) groups is 2. The van der Waals surface area contributed by atoms with E-state index in [-0.39, 0.29) is 16.8 Å². The van der Waals surface area contributed by atoms with E-state index in [1.807, 2.05) is 0 Å². The largest absolute Gasteiger partial charge is 0.416 e. The lowest BCUT2D eigenvalue weighted by Gasteiger charge is -2.15. The van der Waals surface area contributed by atoms with Crippen LogP contribution in [0, 0.1) is 0 Å². The Balaban J connectivity index is 1.99. The van der Waals surface area contributed by atoms with E-state index < -0.39 is 23.6 Å². The van der Waals surface area contributed by atoms with Gasteiger partial charge in [-0.1, -0.05) is 0 Å². The summed E-state index contributed by atoms with van der Waals surface area (Å²) in [6.45, 7) is 0. The number of halogens is 3. The Bertz CT molecular complexity index is 798. The highest BCUT2D eigenvalue weighted by Gasteiger charge is 2.37. The van der Waals surface area contributed by atoms with Gasteiger partial charge < -0.3 is 5.32 Å². The van der Waals surface area contributed by atoms with Gasteiger partial charge in [0.2, 0.25) is 0 Å². The first kappa shape index (κ1) is 15.1. The van der Waals surface area contributed by atoms with E-state index in [9.17, 15) is 22.8 Å². The number of nitrogens with one attached hydrogen (secondary N) is 1. The van der Waals surface area contributed by atoms with Crippen molar-refractivity contribution in [2.45, 2.75) is 6.18 Å². The average molecular weight is 320 g/mol. The average Bonchev–Trinajstić information content (AvgIpc) is 2.77. The summed E-state index contributed by atoms with van der Waals surface area (Å²) < 4.78 is 37.8. The van der Waals surface area contributed by atoms with Crippen molar-refractivity contribution in [2.75, 3.05) is 17.3 Å². The SMILES string of the molecule is CNc1ccc2c(c1)C(=O)N(c1ccc(C(F)(F)F)cc1)C2=O. The van der Waals surface area contributed by atoms with Crippen LogP contribution in [-0.4, -0.2) is 18.9 Å². The summed E-state index contributed by atoms with van der Waals surface area (Å²) in [5, 5.41) is 2.86. The number of fused-ring (bicyclic) bond motifs is 1. The lowest BCUT2D eigenvalue weighted by atomic mass is 10.1. The lowest BCUT2D eigenvalue weighted by Crippen LogP contribution is -2.29. The second kappa shape index (κ2) is 5.12. The molecule has 0 atom stereocenters. The van der Waals surface area contributed by atoms with Gasteiger partial charge in [0.25, 0.3) is 11.8 Å². The highest BCUT2D eigenvalue weighted by Crippen LogP contribution is 2.33. The Kier molecular flexibility index (Phi) is 3.35. The molecule has 3 rings (SSSR count). The van der Waals surface area contributed by atoms with Gasteiger partial charge in [0.05, 0.1) is 22.4 Å². The summed E-state index contributed by atoms with van der Waals surface area (Å²) in [7, 11) is 1.68. The number of carbonyl (C=O) groups excluding carboxylic acids is 2. The van der Waals surface area contributed by atoms with Gasteiger partial charge in [-0.2, -0.15) is 13.2 Å². The minimum atomic E-state index is -4.47. The zero-order chi connectivity index (χ0) is 16.8. The standard InChI is InChI=1S/C16H11F3N2O2/c1-20-10-4-7-12-13(8-10)15(23)21(14(12)22)11-5-2-9(3-6-11)16(17,18)19/h2-8,20H,1H3. The number of benzene rings is 2. The number of imide groups is 1. The second-order valence-corrected chi connectivity index (χ2v) is 5.00. The van der Waals surface area contributed by atoms with Crippen molar-refractivity contribution in [1.29, 1.82) is 0 Å². The number of amides is 2. The predicted molar refractivity (Wildman–Crippen MR) is 78.6 cm³/mol. The molecular weight excluding hydrogens is 309 g/mol. The number of hydrogen-bond donors (Lipinski definition) is 1. The molecule has 0 aromatic heterocycles. The summed E-state index contributed by atoms with van der Waals surface area (Å²) >= 11 is 0. The topological polar surface area (TPSA) is 49.4 Å². The van der Waals surface area contributed by atoms with E-state index >= 15 is 0 Å². The molecule has 0 unspecified atom stereocenters. The molecule has 0 saturated heterocycles. The molecule has 1 aliphatic rings. The summed E-state index contributed by atoms with van der Waals surface area (Å²) in [6, 6.07) is 8.63. The smallest absolute Gasteiger partial charge is 0.388 e. The Morgan fingerprint density at radius 1 is 0.913 bits per heavy atom. The van der Waals surface area contributed by atoms with Crippen molar-refractivity contribution in [3.63, 3.8) is 0 Å². The van der Waals surface area contributed by atoms with Crippen molar-refractivity contribution >= 4 is 23.2 Å². The van der Waals surface area contributed by atoms with Crippen LogP contribution in [0.3, 0.4) is 0 Å². The van der Waals surface area contributed by atoms with Crippen molar-refractivity contribution < 1.29 is 22.8 Å². The molecule has 0 radical (unpaired) electrons. The summed E-state index contributed by atoms with van der Waals surface area (Å²) in [6.07, 6.45) is -4.47. The van der Waals surface area contributed by atoms with Crippen LogP contribution in [-0.2, 0) is 6.18 Å². The number of hydrogen-bond acceptors (Lipinski definition) is 3. The lowest BCUT2D eigenvalue weighted by molar-refractivity contribution is -0.137. The quantitative estimate of drug-likeness (QED) is 0.861. The fraction of sp³-hybridized carbons (Fsp3) is 0.125. The molecule has 0 bridgehead atoms. The second-order valence-electron chi connectivity index (χ2n) is 5.00. The Morgan fingerprint density at radius 3 is 2.09 bits per heavy atom. The minimum Gasteiger partial charge on any atom is -0.388 e. The van der Waals surface area contributed by atoms with Crippen molar-refractivity contribution in [3.05, 3.63) is 59.2 Å². The molecule has 0 aliphatic carbocycles. The zero-order valence-corrected chi connectivity index (χ0v) is 11.9. The van der Waals surface area contributed by atoms with Gasteiger partial charge in [0.1, 0.15) is 0 Å². The van der Waals surface area contributed by atoms with Crippen molar-refractivity contribution in [1.82, 2.24) is 0 Å². The molecule has 118 valence electrons. The van der Waals surface area contributed by atoms with Crippen molar-refractivity contribution in [2.24, 2.45) is 0 Å². The van der Waals surface area contributed by atoms with E-state index in [4.69, 9.17) is 0 Å². The Hall–Kier alpha value is -2.83. The van der Waals surface area contributed by atoms with Crippen LogP contribution < -0.4 is 10.2 Å². The first-order valence-electron chi connectivity index (χ1n) is 6.71. The number of alkyl halides is 3. The number of rotatable bonds is 2. The first-order valence-corrected chi connectivity index (χ1v) is 6.71. The number of anilines is 2. The van der Waals surface area contributed by atoms with Crippen LogP contribution in [0.25, 0.3) is 0 Å². The number of nitrogens with zero attached hydrogens (tertiary/aromatic N) is 1. The summed E-state index contributed by atoms with van der Waals surface area (Å²) in [4.78, 5) is 25.6. The Morgan fingerprint density at radius 2 is 1.52 bits per heavy atom. The molecule has 2 aromatic carbocycles. The van der Waals surface area contributed by atoms with Crippen LogP contribution >= 0.6 is 0 Å². The molecule has 1 heterocycles. The molecule has 2 amide bonds. The maximum Gasteiger partial charge on any atom is 0.416 e. The van der Waals surface area contributed by atoms with E-state index in [1.165, 1.54) is 6.07 Å². The maximum absolute atomic E-state index is 12.6. The fourth-order valence-electron chi connectivity index (χ4n) is 2.43. The highest BCUT2D eigenvalue weighted by molar-refractivity contribution is 6.34. The molecule has 1 aliphatic heterocycles. The summed E-state index contributed by atoms with van der Waals surface area (Å²) in [5.74, 6) is -1.10. The summed E-state index contributed by atoms with van der Waals surface area (Å²) in [5.41, 5.74) is 0.389. The van der Waals surface area contributed by atoms with Gasteiger partial charge in [-0.3, -0.25) is 9.59 Å². The molecule has 23 heavy (non-hydrogen) atoms. The first-order chi connectivity index (χ1) is 10.8. The van der Waals surface area contributed by atoms with E-state index in [2.05, 4.69) is 5.32 Å². The van der Waals surface area contributed by atoms with Gasteiger partial charge >= 0.3 is 6.18 Å². The Labute approximate surface area is 129 Å². The predicted octanol–water partition coefficient (Wildman–Crippen LogP) is 3.55. The molecule has 0 fully saturated rings. The minimum absolute atomic E-state index is 0.107. The molecule has 2 aromatic rings. The maximum atomic E-state index is 12.6. The normalized spacial score (nSPS) is 14.2. The zero-order valence-electron chi connectivity index (χ0n) is 11.9. The van der Waals surface area contributed by atoms with Crippen LogP contribution in [0.5, 0.6) is 0 Å². The van der Waals surface area contributed by atoms with Crippen LogP contribution in [0.2, 0.25) is 0 Å². The van der Waals surface area contributed by atoms with Crippen LogP contribution in [0.4, 0.5) is 24.5 Å². The molecule has 1 N–H and O–H groups in total.